The van der Waals surface area contributed by atoms with Gasteiger partial charge in [0.25, 0.3) is 0 Å². The van der Waals surface area contributed by atoms with Crippen molar-refractivity contribution in [3.63, 3.8) is 0 Å². The van der Waals surface area contributed by atoms with E-state index in [1.165, 1.54) is 0 Å². The molecule has 0 aromatic rings. The molecule has 0 aromatic heterocycles. The number of rotatable bonds is 4. The molecule has 0 spiro atoms. The van der Waals surface area contributed by atoms with Crippen LogP contribution in [-0.2, 0) is 9.59 Å². The number of likely N-dealkylation sites (tertiary alicyclic amines) is 1. The molecule has 16 heavy (non-hydrogen) atoms. The minimum absolute atomic E-state index is 0. The summed E-state index contributed by atoms with van der Waals surface area (Å²) in [5.74, 6) is 0.00559. The van der Waals surface area contributed by atoms with Gasteiger partial charge in [0.1, 0.15) is 0 Å². The highest BCUT2D eigenvalue weighted by atomic mass is 35.5. The topological polar surface area (TPSA) is 75.4 Å². The molecule has 1 unspecified atom stereocenters. The summed E-state index contributed by atoms with van der Waals surface area (Å²) in [5.41, 5.74) is 5.43. The third kappa shape index (κ3) is 4.37. The molecule has 3 N–H and O–H groups in total. The lowest BCUT2D eigenvalue weighted by molar-refractivity contribution is -0.129. The third-order valence-corrected chi connectivity index (χ3v) is 2.47. The molecule has 1 heterocycles. The maximum absolute atomic E-state index is 11.3. The fourth-order valence-corrected chi connectivity index (χ4v) is 1.65. The van der Waals surface area contributed by atoms with Crippen molar-refractivity contribution in [2.24, 2.45) is 5.73 Å². The summed E-state index contributed by atoms with van der Waals surface area (Å²) in [6, 6.07) is -0.535. The minimum Gasteiger partial charge on any atom is -0.351 e. The predicted octanol–water partition coefficient (Wildman–Crippen LogP) is -0.117. The van der Waals surface area contributed by atoms with Crippen LogP contribution in [0, 0.1) is 0 Å². The van der Waals surface area contributed by atoms with Crippen molar-refractivity contribution in [2.45, 2.75) is 38.8 Å². The highest BCUT2D eigenvalue weighted by molar-refractivity contribution is 5.85. The van der Waals surface area contributed by atoms with Crippen LogP contribution in [0.1, 0.15) is 26.7 Å². The van der Waals surface area contributed by atoms with E-state index in [2.05, 4.69) is 5.32 Å². The second-order valence-electron chi connectivity index (χ2n) is 4.14. The zero-order chi connectivity index (χ0) is 11.4. The van der Waals surface area contributed by atoms with E-state index in [9.17, 15) is 9.59 Å². The maximum Gasteiger partial charge on any atom is 0.236 e. The fraction of sp³-hybridized carbons (Fsp3) is 0.800. The van der Waals surface area contributed by atoms with Gasteiger partial charge in [0, 0.05) is 25.6 Å². The summed E-state index contributed by atoms with van der Waals surface area (Å²) in [6.07, 6.45) is 1.56. The summed E-state index contributed by atoms with van der Waals surface area (Å²) in [7, 11) is 0. The molecule has 5 nitrogen and oxygen atoms in total. The van der Waals surface area contributed by atoms with Gasteiger partial charge in [-0.25, -0.2) is 0 Å². The molecule has 0 aromatic carbocycles. The van der Waals surface area contributed by atoms with E-state index in [-0.39, 0.29) is 30.3 Å². The standard InChI is InChI=1S/C10H19N3O2.ClH/c1-7(12-10(15)8(2)11)6-13-5-3-4-9(13)14;/h7-8H,3-6,11H2,1-2H3,(H,12,15);1H/t7?,8-;/m1./s1. The Morgan fingerprint density at radius 2 is 2.19 bits per heavy atom. The quantitative estimate of drug-likeness (QED) is 0.730. The molecule has 0 bridgehead atoms. The van der Waals surface area contributed by atoms with Crippen molar-refractivity contribution < 1.29 is 9.59 Å². The smallest absolute Gasteiger partial charge is 0.236 e. The van der Waals surface area contributed by atoms with Gasteiger partial charge in [-0.15, -0.1) is 12.4 Å². The third-order valence-electron chi connectivity index (χ3n) is 2.47. The SMILES string of the molecule is CC(CN1CCCC1=O)NC(=O)[C@@H](C)N.Cl. The zero-order valence-corrected chi connectivity index (χ0v) is 10.5. The molecule has 0 saturated carbocycles. The minimum atomic E-state index is -0.498. The Balaban J connectivity index is 0.00000225. The molecule has 0 radical (unpaired) electrons. The molecule has 1 aliphatic heterocycles. The Bertz CT molecular complexity index is 258. The molecule has 0 aliphatic carbocycles. The van der Waals surface area contributed by atoms with Crippen molar-refractivity contribution in [3.05, 3.63) is 0 Å². The number of halogens is 1. The zero-order valence-electron chi connectivity index (χ0n) is 9.73. The summed E-state index contributed by atoms with van der Waals surface area (Å²) in [6.45, 7) is 4.91. The number of nitrogens with one attached hydrogen (secondary N) is 1. The Labute approximate surface area is 102 Å². The van der Waals surface area contributed by atoms with Gasteiger partial charge >= 0.3 is 0 Å². The van der Waals surface area contributed by atoms with Gasteiger partial charge in [0.05, 0.1) is 6.04 Å². The molecule has 1 aliphatic rings. The van der Waals surface area contributed by atoms with Crippen LogP contribution < -0.4 is 11.1 Å². The van der Waals surface area contributed by atoms with E-state index in [0.717, 1.165) is 13.0 Å². The van der Waals surface area contributed by atoms with Gasteiger partial charge < -0.3 is 16.0 Å². The highest BCUT2D eigenvalue weighted by Crippen LogP contribution is 2.09. The van der Waals surface area contributed by atoms with E-state index in [1.54, 1.807) is 11.8 Å². The summed E-state index contributed by atoms with van der Waals surface area (Å²) in [5, 5.41) is 2.77. The van der Waals surface area contributed by atoms with Crippen molar-refractivity contribution in [1.82, 2.24) is 10.2 Å². The number of nitrogens with two attached hydrogens (primary N) is 1. The van der Waals surface area contributed by atoms with Crippen molar-refractivity contribution in [3.8, 4) is 0 Å². The molecule has 94 valence electrons. The van der Waals surface area contributed by atoms with E-state index in [1.807, 2.05) is 6.92 Å². The van der Waals surface area contributed by atoms with E-state index in [0.29, 0.717) is 13.0 Å². The average molecular weight is 250 g/mol. The van der Waals surface area contributed by atoms with Gasteiger partial charge in [0.2, 0.25) is 11.8 Å². The second kappa shape index (κ2) is 6.70. The summed E-state index contributed by atoms with van der Waals surface area (Å²) in [4.78, 5) is 24.4. The molecule has 1 fully saturated rings. The monoisotopic (exact) mass is 249 g/mol. The van der Waals surface area contributed by atoms with Gasteiger partial charge in [-0.3, -0.25) is 9.59 Å². The number of nitrogens with zero attached hydrogens (tertiary/aromatic N) is 1. The van der Waals surface area contributed by atoms with Crippen LogP contribution in [0.5, 0.6) is 0 Å². The summed E-state index contributed by atoms with van der Waals surface area (Å²) >= 11 is 0. The highest BCUT2D eigenvalue weighted by Gasteiger charge is 2.22. The molecule has 2 atom stereocenters. The Morgan fingerprint density at radius 3 is 2.62 bits per heavy atom. The number of hydrogen-bond donors (Lipinski definition) is 2. The predicted molar refractivity (Wildman–Crippen MR) is 64.3 cm³/mol. The van der Waals surface area contributed by atoms with Crippen molar-refractivity contribution in [2.75, 3.05) is 13.1 Å². The van der Waals surface area contributed by atoms with Crippen LogP contribution in [0.15, 0.2) is 0 Å². The van der Waals surface area contributed by atoms with Crippen LogP contribution in [0.2, 0.25) is 0 Å². The molecule has 2 amide bonds. The van der Waals surface area contributed by atoms with Crippen molar-refractivity contribution >= 4 is 24.2 Å². The fourth-order valence-electron chi connectivity index (χ4n) is 1.65. The number of amides is 2. The molecular formula is C10H20ClN3O2. The van der Waals surface area contributed by atoms with Crippen LogP contribution in [-0.4, -0.2) is 41.9 Å². The van der Waals surface area contributed by atoms with Crippen LogP contribution in [0.3, 0.4) is 0 Å². The van der Waals surface area contributed by atoms with Crippen LogP contribution in [0.25, 0.3) is 0 Å². The van der Waals surface area contributed by atoms with Gasteiger partial charge in [-0.2, -0.15) is 0 Å². The van der Waals surface area contributed by atoms with E-state index >= 15 is 0 Å². The van der Waals surface area contributed by atoms with Gasteiger partial charge in [-0.05, 0) is 20.3 Å². The van der Waals surface area contributed by atoms with E-state index < -0.39 is 6.04 Å². The largest absolute Gasteiger partial charge is 0.351 e. The first-order valence-corrected chi connectivity index (χ1v) is 5.34. The normalized spacial score (nSPS) is 18.9. The Hall–Kier alpha value is -0.810. The lowest BCUT2D eigenvalue weighted by atomic mass is 10.2. The van der Waals surface area contributed by atoms with Gasteiger partial charge in [-0.1, -0.05) is 0 Å². The lowest BCUT2D eigenvalue weighted by Gasteiger charge is -2.22. The van der Waals surface area contributed by atoms with E-state index in [4.69, 9.17) is 5.73 Å². The number of carbonyl (C=O) groups excluding carboxylic acids is 2. The molecule has 1 saturated heterocycles. The summed E-state index contributed by atoms with van der Waals surface area (Å²) < 4.78 is 0. The van der Waals surface area contributed by atoms with Crippen molar-refractivity contribution in [1.29, 1.82) is 0 Å². The molecule has 6 heteroatoms. The second-order valence-corrected chi connectivity index (χ2v) is 4.14. The van der Waals surface area contributed by atoms with Gasteiger partial charge in [0.15, 0.2) is 0 Å². The molecule has 1 rings (SSSR count). The first-order chi connectivity index (χ1) is 7.00. The average Bonchev–Trinajstić information content (AvgIpc) is 2.51. The Morgan fingerprint density at radius 1 is 1.56 bits per heavy atom. The first-order valence-electron chi connectivity index (χ1n) is 5.34. The first kappa shape index (κ1) is 15.2. The number of carbonyl (C=O) groups is 2. The number of hydrogen-bond acceptors (Lipinski definition) is 3. The molecular weight excluding hydrogens is 230 g/mol. The van der Waals surface area contributed by atoms with Crippen LogP contribution >= 0.6 is 12.4 Å². The van der Waals surface area contributed by atoms with Crippen LogP contribution in [0.4, 0.5) is 0 Å². The maximum atomic E-state index is 11.3. The Kier molecular flexibility index (Phi) is 6.36. The lowest BCUT2D eigenvalue weighted by Crippen LogP contribution is -2.47.